The van der Waals surface area contributed by atoms with Crippen LogP contribution in [0.25, 0.3) is 16.9 Å². The van der Waals surface area contributed by atoms with E-state index in [-0.39, 0.29) is 11.8 Å². The van der Waals surface area contributed by atoms with E-state index in [9.17, 15) is 13.9 Å². The first-order valence-electron chi connectivity index (χ1n) is 9.61. The number of hydrogen-bond donors (Lipinski definition) is 1. The Kier molecular flexibility index (Phi) is 5.19. The molecule has 9 heteroatoms. The van der Waals surface area contributed by atoms with Gasteiger partial charge < -0.3 is 9.84 Å². The summed E-state index contributed by atoms with van der Waals surface area (Å²) in [7, 11) is 0. The van der Waals surface area contributed by atoms with Crippen LogP contribution in [0.2, 0.25) is 0 Å². The van der Waals surface area contributed by atoms with E-state index in [0.717, 1.165) is 6.20 Å². The number of hydrogen-bond acceptors (Lipinski definition) is 6. The molecule has 0 fully saturated rings. The van der Waals surface area contributed by atoms with Crippen molar-refractivity contribution in [1.29, 1.82) is 0 Å². The van der Waals surface area contributed by atoms with Gasteiger partial charge in [0.15, 0.2) is 5.82 Å². The Morgan fingerprint density at radius 1 is 1.30 bits per heavy atom. The second kappa shape index (κ2) is 7.81. The summed E-state index contributed by atoms with van der Waals surface area (Å²) in [5, 5.41) is 22.2. The van der Waals surface area contributed by atoms with E-state index in [4.69, 9.17) is 4.74 Å². The molecule has 3 aromatic rings. The van der Waals surface area contributed by atoms with Crippen molar-refractivity contribution in [1.82, 2.24) is 25.0 Å². The van der Waals surface area contributed by atoms with Crippen molar-refractivity contribution in [3.05, 3.63) is 54.8 Å². The van der Waals surface area contributed by atoms with Crippen molar-refractivity contribution in [2.45, 2.75) is 39.0 Å². The Bertz CT molecular complexity index is 1070. The molecule has 2 heterocycles. The van der Waals surface area contributed by atoms with Gasteiger partial charge in [-0.15, -0.1) is 5.10 Å². The van der Waals surface area contributed by atoms with E-state index >= 15 is 0 Å². The molecule has 1 aliphatic rings. The third-order valence-electron chi connectivity index (χ3n) is 5.46. The number of halogens is 2. The Balaban J connectivity index is 1.51. The first-order chi connectivity index (χ1) is 14.4. The number of alkyl halides is 1. The molecule has 30 heavy (non-hydrogen) atoms. The van der Waals surface area contributed by atoms with Gasteiger partial charge in [0, 0.05) is 23.5 Å². The van der Waals surface area contributed by atoms with Crippen molar-refractivity contribution < 1.29 is 18.6 Å². The molecular weight excluding hydrogens is 392 g/mol. The highest BCUT2D eigenvalue weighted by Crippen LogP contribution is 2.38. The lowest BCUT2D eigenvalue weighted by molar-refractivity contribution is 0.0206. The number of benzene rings is 1. The normalized spacial score (nSPS) is 23.5. The van der Waals surface area contributed by atoms with Crippen molar-refractivity contribution in [3.63, 3.8) is 0 Å². The van der Waals surface area contributed by atoms with E-state index in [1.807, 2.05) is 26.0 Å². The number of phenolic OH excluding ortho intramolecular Hbond substituents is 1. The minimum Gasteiger partial charge on any atom is -0.507 e. The van der Waals surface area contributed by atoms with Gasteiger partial charge in [0.25, 0.3) is 0 Å². The molecule has 3 atom stereocenters. The summed E-state index contributed by atoms with van der Waals surface area (Å²) < 4.78 is 34.9. The van der Waals surface area contributed by atoms with Gasteiger partial charge in [0.1, 0.15) is 23.7 Å². The molecule has 0 saturated carbocycles. The smallest absolute Gasteiger partial charge is 0.336 e. The summed E-state index contributed by atoms with van der Waals surface area (Å²) in [5.41, 5.74) is 0.609. The SMILES string of the molecule is CC[C@]1(C)C=CC[C@H](Oc2ncc(-c3ccc(-n4cc(F)cn4)cc3O)nn2)[C@@H]1F. The monoisotopic (exact) mass is 413 g/mol. The molecule has 0 aliphatic heterocycles. The Hall–Kier alpha value is -3.36. The van der Waals surface area contributed by atoms with E-state index in [0.29, 0.717) is 29.8 Å². The van der Waals surface area contributed by atoms with Crippen LogP contribution in [0.15, 0.2) is 48.9 Å². The highest BCUT2D eigenvalue weighted by atomic mass is 19.1. The topological polar surface area (TPSA) is 86.0 Å². The molecule has 4 rings (SSSR count). The Labute approximate surface area is 172 Å². The molecule has 1 N–H and O–H groups in total. The molecule has 1 aromatic carbocycles. The first-order valence-corrected chi connectivity index (χ1v) is 9.61. The van der Waals surface area contributed by atoms with Gasteiger partial charge in [0.2, 0.25) is 0 Å². The molecule has 0 unspecified atom stereocenters. The molecule has 0 saturated heterocycles. The first kappa shape index (κ1) is 19.9. The molecule has 0 bridgehead atoms. The van der Waals surface area contributed by atoms with Crippen LogP contribution >= 0.6 is 0 Å². The molecule has 156 valence electrons. The number of nitrogens with zero attached hydrogens (tertiary/aromatic N) is 5. The molecular formula is C21H21F2N5O2. The highest BCUT2D eigenvalue weighted by molar-refractivity contribution is 5.67. The largest absolute Gasteiger partial charge is 0.507 e. The summed E-state index contributed by atoms with van der Waals surface area (Å²) >= 11 is 0. The third-order valence-corrected chi connectivity index (χ3v) is 5.46. The van der Waals surface area contributed by atoms with Gasteiger partial charge in [-0.3, -0.25) is 0 Å². The predicted octanol–water partition coefficient (Wildman–Crippen LogP) is 4.03. The lowest BCUT2D eigenvalue weighted by atomic mass is 9.76. The van der Waals surface area contributed by atoms with E-state index in [2.05, 4.69) is 20.3 Å². The quantitative estimate of drug-likeness (QED) is 0.636. The summed E-state index contributed by atoms with van der Waals surface area (Å²) in [6.07, 6.45) is 6.70. The van der Waals surface area contributed by atoms with Crippen LogP contribution < -0.4 is 4.74 Å². The predicted molar refractivity (Wildman–Crippen MR) is 105 cm³/mol. The molecule has 1 aliphatic carbocycles. The van der Waals surface area contributed by atoms with Crippen molar-refractivity contribution in [2.24, 2.45) is 5.41 Å². The minimum absolute atomic E-state index is 0.0247. The fourth-order valence-corrected chi connectivity index (χ4v) is 3.43. The minimum atomic E-state index is -1.18. The van der Waals surface area contributed by atoms with Crippen molar-refractivity contribution >= 4 is 0 Å². The number of aromatic hydroxyl groups is 1. The number of allylic oxidation sites excluding steroid dienone is 1. The second-order valence-corrected chi connectivity index (χ2v) is 7.49. The summed E-state index contributed by atoms with van der Waals surface area (Å²) in [6.45, 7) is 3.79. The standard InChI is InChI=1S/C21H21F2N5O2/c1-3-21(2)8-4-5-18(19(21)23)30-20-24-11-16(26-27-20)15-7-6-14(9-17(15)29)28-12-13(22)10-25-28/h4,6-12,18-19,29H,3,5H2,1-2H3/t18-,19-,21+/m0/s1. The molecule has 7 nitrogen and oxygen atoms in total. The molecule has 0 amide bonds. The fraction of sp³-hybridized carbons (Fsp3) is 0.333. The lowest BCUT2D eigenvalue weighted by Crippen LogP contribution is -2.42. The van der Waals surface area contributed by atoms with Crippen LogP contribution in [0.5, 0.6) is 11.8 Å². The van der Waals surface area contributed by atoms with E-state index in [1.165, 1.54) is 23.1 Å². The number of ether oxygens (including phenoxy) is 1. The zero-order chi connectivity index (χ0) is 21.3. The number of phenols is 1. The summed E-state index contributed by atoms with van der Waals surface area (Å²) in [5.74, 6) is -0.569. The van der Waals surface area contributed by atoms with Gasteiger partial charge in [-0.2, -0.15) is 5.10 Å². The zero-order valence-electron chi connectivity index (χ0n) is 16.5. The Morgan fingerprint density at radius 3 is 2.77 bits per heavy atom. The lowest BCUT2D eigenvalue weighted by Gasteiger charge is -2.36. The third kappa shape index (κ3) is 3.74. The van der Waals surface area contributed by atoms with E-state index in [1.54, 1.807) is 12.1 Å². The van der Waals surface area contributed by atoms with E-state index < -0.39 is 23.5 Å². The van der Waals surface area contributed by atoms with Crippen molar-refractivity contribution in [2.75, 3.05) is 0 Å². The summed E-state index contributed by atoms with van der Waals surface area (Å²) in [4.78, 5) is 4.12. The van der Waals surface area contributed by atoms with Crippen LogP contribution in [-0.2, 0) is 0 Å². The van der Waals surface area contributed by atoms with Crippen LogP contribution in [-0.4, -0.2) is 42.3 Å². The maximum absolute atomic E-state index is 14.8. The molecule has 2 aromatic heterocycles. The van der Waals surface area contributed by atoms with Gasteiger partial charge in [-0.05, 0) is 18.6 Å². The average molecular weight is 413 g/mol. The van der Waals surface area contributed by atoms with Crippen molar-refractivity contribution in [3.8, 4) is 28.7 Å². The average Bonchev–Trinajstić information content (AvgIpc) is 3.18. The summed E-state index contributed by atoms with van der Waals surface area (Å²) in [6, 6.07) is 4.67. The van der Waals surface area contributed by atoms with Gasteiger partial charge in [-0.25, -0.2) is 18.4 Å². The second-order valence-electron chi connectivity index (χ2n) is 7.49. The fourth-order valence-electron chi connectivity index (χ4n) is 3.43. The number of rotatable bonds is 5. The van der Waals surface area contributed by atoms with Crippen LogP contribution in [0.3, 0.4) is 0 Å². The maximum atomic E-state index is 14.8. The van der Waals surface area contributed by atoms with Crippen LogP contribution in [0, 0.1) is 11.2 Å². The highest BCUT2D eigenvalue weighted by Gasteiger charge is 2.40. The van der Waals surface area contributed by atoms with Crippen LogP contribution in [0.4, 0.5) is 8.78 Å². The van der Waals surface area contributed by atoms with Gasteiger partial charge >= 0.3 is 6.01 Å². The maximum Gasteiger partial charge on any atom is 0.336 e. The number of aromatic nitrogens is 5. The Morgan fingerprint density at radius 2 is 2.13 bits per heavy atom. The molecule has 0 spiro atoms. The zero-order valence-corrected chi connectivity index (χ0v) is 16.5. The molecule has 0 radical (unpaired) electrons. The van der Waals surface area contributed by atoms with Crippen LogP contribution in [0.1, 0.15) is 26.7 Å². The van der Waals surface area contributed by atoms with Gasteiger partial charge in [-0.1, -0.05) is 31.1 Å². The van der Waals surface area contributed by atoms with Gasteiger partial charge in [0.05, 0.1) is 24.3 Å².